The fourth-order valence-electron chi connectivity index (χ4n) is 4.61. The maximum Gasteiger partial charge on any atom is 0.286 e. The summed E-state index contributed by atoms with van der Waals surface area (Å²) in [5.41, 5.74) is 6.30. The number of hydrogen-bond acceptors (Lipinski definition) is 4. The van der Waals surface area contributed by atoms with Crippen molar-refractivity contribution in [2.24, 2.45) is 0 Å². The third-order valence-corrected chi connectivity index (χ3v) is 7.60. The summed E-state index contributed by atoms with van der Waals surface area (Å²) < 4.78 is 5.66. The van der Waals surface area contributed by atoms with E-state index in [-0.39, 0.29) is 27.2 Å². The Labute approximate surface area is 182 Å². The van der Waals surface area contributed by atoms with Gasteiger partial charge in [-0.2, -0.15) is 0 Å². The Kier molecular flexibility index (Phi) is 5.21. The molecule has 0 saturated carbocycles. The predicted octanol–water partition coefficient (Wildman–Crippen LogP) is 5.61. The van der Waals surface area contributed by atoms with Crippen LogP contribution in [-0.4, -0.2) is 23.5 Å². The summed E-state index contributed by atoms with van der Waals surface area (Å²) in [7, 11) is 1.68. The third-order valence-electron chi connectivity index (χ3n) is 6.62. The normalized spacial score (nSPS) is 21.8. The molecule has 0 bridgehead atoms. The predicted molar refractivity (Wildman–Crippen MR) is 122 cm³/mol. The molecule has 1 saturated heterocycles. The molecule has 1 aliphatic heterocycles. The quantitative estimate of drug-likeness (QED) is 0.695. The third kappa shape index (κ3) is 3.76. The van der Waals surface area contributed by atoms with Crippen LogP contribution in [0.3, 0.4) is 0 Å². The summed E-state index contributed by atoms with van der Waals surface area (Å²) in [6, 6.07) is 12.8. The van der Waals surface area contributed by atoms with Gasteiger partial charge in [-0.15, -0.1) is 0 Å². The van der Waals surface area contributed by atoms with Gasteiger partial charge < -0.3 is 4.74 Å². The van der Waals surface area contributed by atoms with E-state index in [4.69, 9.17) is 4.74 Å². The molecule has 1 atom stereocenters. The van der Waals surface area contributed by atoms with Crippen LogP contribution >= 0.6 is 11.8 Å². The van der Waals surface area contributed by atoms with Crippen LogP contribution in [0.25, 0.3) is 11.1 Å². The number of amides is 2. The van der Waals surface area contributed by atoms with E-state index in [1.165, 1.54) is 17.5 Å². The van der Waals surface area contributed by atoms with E-state index in [1.54, 1.807) is 7.11 Å². The number of ether oxygens (including phenoxy) is 1. The van der Waals surface area contributed by atoms with E-state index < -0.39 is 0 Å². The minimum absolute atomic E-state index is 0.130. The summed E-state index contributed by atoms with van der Waals surface area (Å²) in [6.45, 7) is 9.30. The number of rotatable bonds is 4. The maximum absolute atomic E-state index is 12.0. The molecule has 1 heterocycles. The van der Waals surface area contributed by atoms with Gasteiger partial charge >= 0.3 is 0 Å². The first-order chi connectivity index (χ1) is 14.1. The molecule has 30 heavy (non-hydrogen) atoms. The number of carbonyl (C=O) groups is 2. The van der Waals surface area contributed by atoms with Gasteiger partial charge in [-0.3, -0.25) is 14.9 Å². The highest BCUT2D eigenvalue weighted by molar-refractivity contribution is 8.15. The topological polar surface area (TPSA) is 55.4 Å². The Morgan fingerprint density at radius 2 is 1.70 bits per heavy atom. The van der Waals surface area contributed by atoms with Crippen LogP contribution in [0.5, 0.6) is 5.75 Å². The van der Waals surface area contributed by atoms with Crippen molar-refractivity contribution in [1.29, 1.82) is 0 Å². The number of benzene rings is 2. The lowest BCUT2D eigenvalue weighted by atomic mass is 9.63. The van der Waals surface area contributed by atoms with Gasteiger partial charge in [-0.25, -0.2) is 0 Å². The van der Waals surface area contributed by atoms with Crippen LogP contribution in [0.1, 0.15) is 57.2 Å². The summed E-state index contributed by atoms with van der Waals surface area (Å²) >= 11 is 1.07. The largest absolute Gasteiger partial charge is 0.496 e. The molecular formula is C25H29NO3S. The number of nitrogens with one attached hydrogen (secondary N) is 1. The van der Waals surface area contributed by atoms with E-state index >= 15 is 0 Å². The first kappa shape index (κ1) is 21.0. The van der Waals surface area contributed by atoms with E-state index in [2.05, 4.69) is 57.3 Å². The molecule has 2 amide bonds. The Bertz CT molecular complexity index is 1030. The van der Waals surface area contributed by atoms with Crippen molar-refractivity contribution >= 4 is 22.9 Å². The fraction of sp³-hybridized carbons (Fsp3) is 0.440. The Morgan fingerprint density at radius 3 is 2.33 bits per heavy atom. The summed E-state index contributed by atoms with van der Waals surface area (Å²) in [5.74, 6) is 0.603. The van der Waals surface area contributed by atoms with E-state index in [0.717, 1.165) is 40.6 Å². The lowest BCUT2D eigenvalue weighted by molar-refractivity contribution is -0.118. The summed E-state index contributed by atoms with van der Waals surface area (Å²) in [4.78, 5) is 23.5. The molecule has 1 aliphatic carbocycles. The zero-order chi connectivity index (χ0) is 21.7. The van der Waals surface area contributed by atoms with Gasteiger partial charge in [-0.1, -0.05) is 63.7 Å². The Hall–Kier alpha value is -2.27. The highest BCUT2D eigenvalue weighted by Gasteiger charge is 2.37. The van der Waals surface area contributed by atoms with Gasteiger partial charge in [0.25, 0.3) is 5.24 Å². The molecule has 0 aromatic heterocycles. The fourth-order valence-corrected chi connectivity index (χ4v) is 5.47. The first-order valence-corrected chi connectivity index (χ1v) is 11.3. The number of fused-ring (bicyclic) bond motifs is 1. The molecule has 1 N–H and O–H groups in total. The number of hydrogen-bond donors (Lipinski definition) is 1. The summed E-state index contributed by atoms with van der Waals surface area (Å²) in [5, 5.41) is 1.73. The van der Waals surface area contributed by atoms with Gasteiger partial charge in [0, 0.05) is 5.56 Å². The lowest BCUT2D eigenvalue weighted by Gasteiger charge is -2.42. The highest BCUT2D eigenvalue weighted by atomic mass is 32.2. The molecule has 4 rings (SSSR count). The summed E-state index contributed by atoms with van der Waals surface area (Å²) in [6.07, 6.45) is 2.86. The zero-order valence-corrected chi connectivity index (χ0v) is 19.1. The van der Waals surface area contributed by atoms with E-state index in [1.807, 2.05) is 12.1 Å². The molecule has 0 spiro atoms. The van der Waals surface area contributed by atoms with Crippen LogP contribution in [0.2, 0.25) is 0 Å². The van der Waals surface area contributed by atoms with Crippen molar-refractivity contribution in [3.63, 3.8) is 0 Å². The van der Waals surface area contributed by atoms with Gasteiger partial charge in [0.2, 0.25) is 5.91 Å². The first-order valence-electron chi connectivity index (χ1n) is 10.4. The Balaban J connectivity index is 1.75. The van der Waals surface area contributed by atoms with Crippen molar-refractivity contribution in [3.8, 4) is 16.9 Å². The van der Waals surface area contributed by atoms with Crippen LogP contribution < -0.4 is 10.1 Å². The zero-order valence-electron chi connectivity index (χ0n) is 18.3. The average molecular weight is 424 g/mol. The van der Waals surface area contributed by atoms with E-state index in [9.17, 15) is 9.59 Å². The van der Waals surface area contributed by atoms with Crippen molar-refractivity contribution in [3.05, 3.63) is 53.1 Å². The molecule has 2 aromatic rings. The standard InChI is InChI=1S/C25H29NO3S/c1-24(2)10-11-25(3,4)19-14-16(7-8-18(19)24)17-12-15(6-9-20(17)29-5)13-21-22(27)26-23(28)30-21/h6-9,12,14,21H,10-11,13H2,1-5H3,(H,26,27,28). The molecule has 158 valence electrons. The second-order valence-electron chi connectivity index (χ2n) is 9.65. The van der Waals surface area contributed by atoms with Crippen LogP contribution in [0.4, 0.5) is 4.79 Å². The molecule has 0 radical (unpaired) electrons. The maximum atomic E-state index is 12.0. The molecule has 2 aliphatic rings. The number of imide groups is 1. The van der Waals surface area contributed by atoms with Gasteiger partial charge in [-0.05, 0) is 64.5 Å². The molecule has 5 heteroatoms. The average Bonchev–Trinajstić information content (AvgIpc) is 3.02. The number of thioether (sulfide) groups is 1. The monoisotopic (exact) mass is 423 g/mol. The number of carbonyl (C=O) groups excluding carboxylic acids is 2. The van der Waals surface area contributed by atoms with Crippen molar-refractivity contribution in [2.75, 3.05) is 7.11 Å². The van der Waals surface area contributed by atoms with Gasteiger partial charge in [0.15, 0.2) is 0 Å². The minimum Gasteiger partial charge on any atom is -0.496 e. The van der Waals surface area contributed by atoms with E-state index in [0.29, 0.717) is 6.42 Å². The molecule has 1 fully saturated rings. The molecule has 4 nitrogen and oxygen atoms in total. The molecule has 2 aromatic carbocycles. The SMILES string of the molecule is COc1ccc(CC2SC(=O)NC2=O)cc1-c1ccc2c(c1)C(C)(C)CCC2(C)C. The van der Waals surface area contributed by atoms with Crippen LogP contribution in [-0.2, 0) is 22.0 Å². The van der Waals surface area contributed by atoms with Gasteiger partial charge in [0.1, 0.15) is 5.75 Å². The second kappa shape index (κ2) is 7.45. The van der Waals surface area contributed by atoms with Crippen molar-refractivity contribution < 1.29 is 14.3 Å². The highest BCUT2D eigenvalue weighted by Crippen LogP contribution is 2.47. The number of methoxy groups -OCH3 is 1. The Morgan fingerprint density at radius 1 is 1.00 bits per heavy atom. The van der Waals surface area contributed by atoms with Crippen molar-refractivity contribution in [1.82, 2.24) is 5.32 Å². The minimum atomic E-state index is -0.373. The molecule has 1 unspecified atom stereocenters. The van der Waals surface area contributed by atoms with Crippen LogP contribution in [0.15, 0.2) is 36.4 Å². The molecular weight excluding hydrogens is 394 g/mol. The van der Waals surface area contributed by atoms with Crippen molar-refractivity contribution in [2.45, 2.75) is 63.0 Å². The van der Waals surface area contributed by atoms with Gasteiger partial charge in [0.05, 0.1) is 12.4 Å². The smallest absolute Gasteiger partial charge is 0.286 e. The lowest BCUT2D eigenvalue weighted by Crippen LogP contribution is -2.33. The second-order valence-corrected chi connectivity index (χ2v) is 10.8. The van der Waals surface area contributed by atoms with Crippen LogP contribution in [0, 0.1) is 0 Å².